The highest BCUT2D eigenvalue weighted by molar-refractivity contribution is 8.22. The summed E-state index contributed by atoms with van der Waals surface area (Å²) in [5.41, 5.74) is -0.474. The van der Waals surface area contributed by atoms with Crippen molar-refractivity contribution in [3.8, 4) is 0 Å². The van der Waals surface area contributed by atoms with Gasteiger partial charge in [-0.25, -0.2) is 9.10 Å². The standard InChI is InChI=1S/C13H26N2O4S/c1-13(2,3)19-12(16)14-8-5-11(6-9-14)15-7-4-10-20(15,17)18/h11,17-18H,4-10H2,1-3H3. The third-order valence-corrected chi connectivity index (χ3v) is 5.76. The first-order valence-electron chi connectivity index (χ1n) is 7.20. The number of nitrogens with zero attached hydrogens (tertiary/aromatic N) is 2. The predicted octanol–water partition coefficient (Wildman–Crippen LogP) is 2.76. The van der Waals surface area contributed by atoms with Crippen LogP contribution in [0.3, 0.4) is 0 Å². The van der Waals surface area contributed by atoms with Crippen LogP contribution in [0.2, 0.25) is 0 Å². The normalized spacial score (nSPS) is 26.6. The van der Waals surface area contributed by atoms with Crippen LogP contribution in [-0.2, 0) is 4.74 Å². The summed E-state index contributed by atoms with van der Waals surface area (Å²) in [5.74, 6) is 0.485. The first kappa shape index (κ1) is 15.9. The smallest absolute Gasteiger partial charge is 0.410 e. The van der Waals surface area contributed by atoms with Crippen molar-refractivity contribution in [3.05, 3.63) is 0 Å². The van der Waals surface area contributed by atoms with E-state index in [4.69, 9.17) is 4.74 Å². The zero-order valence-corrected chi connectivity index (χ0v) is 13.4. The molecule has 0 spiro atoms. The molecule has 0 bridgehead atoms. The van der Waals surface area contributed by atoms with Gasteiger partial charge < -0.3 is 9.64 Å². The minimum absolute atomic E-state index is 0.168. The summed E-state index contributed by atoms with van der Waals surface area (Å²) in [7, 11) is -2.55. The Balaban J connectivity index is 1.85. The highest BCUT2D eigenvalue weighted by atomic mass is 32.3. The molecule has 7 heteroatoms. The second-order valence-corrected chi connectivity index (χ2v) is 8.67. The van der Waals surface area contributed by atoms with Crippen molar-refractivity contribution in [3.63, 3.8) is 0 Å². The number of likely N-dealkylation sites (tertiary alicyclic amines) is 1. The van der Waals surface area contributed by atoms with E-state index in [1.54, 1.807) is 4.90 Å². The maximum absolute atomic E-state index is 12.0. The lowest BCUT2D eigenvalue weighted by molar-refractivity contribution is 0.0178. The van der Waals surface area contributed by atoms with Crippen molar-refractivity contribution >= 4 is 16.9 Å². The molecular formula is C13H26N2O4S. The zero-order chi connectivity index (χ0) is 15.0. The molecule has 2 fully saturated rings. The van der Waals surface area contributed by atoms with E-state index in [0.29, 0.717) is 18.8 Å². The van der Waals surface area contributed by atoms with Gasteiger partial charge in [-0.15, -0.1) is 10.8 Å². The van der Waals surface area contributed by atoms with Crippen molar-refractivity contribution in [2.45, 2.75) is 51.7 Å². The second-order valence-electron chi connectivity index (χ2n) is 6.53. The van der Waals surface area contributed by atoms with E-state index in [1.165, 1.54) is 0 Å². The van der Waals surface area contributed by atoms with Gasteiger partial charge in [0.2, 0.25) is 0 Å². The van der Waals surface area contributed by atoms with Crippen LogP contribution in [0.1, 0.15) is 40.0 Å². The fraction of sp³-hybridized carbons (Fsp3) is 0.923. The van der Waals surface area contributed by atoms with Crippen molar-refractivity contribution < 1.29 is 18.6 Å². The molecule has 2 rings (SSSR count). The summed E-state index contributed by atoms with van der Waals surface area (Å²) in [6.45, 7) is 7.56. The highest BCUT2D eigenvalue weighted by Gasteiger charge is 2.37. The Hall–Kier alpha value is -0.500. The molecule has 0 aromatic carbocycles. The Kier molecular flexibility index (Phi) is 4.53. The SMILES string of the molecule is CC(C)(C)OC(=O)N1CCC(N2CCCS2(O)O)CC1. The maximum Gasteiger partial charge on any atom is 0.410 e. The Morgan fingerprint density at radius 1 is 1.20 bits per heavy atom. The molecular weight excluding hydrogens is 280 g/mol. The number of ether oxygens (including phenoxy) is 1. The van der Waals surface area contributed by atoms with E-state index in [0.717, 1.165) is 25.8 Å². The zero-order valence-electron chi connectivity index (χ0n) is 12.5. The molecule has 0 unspecified atom stereocenters. The number of piperidine rings is 1. The molecule has 0 radical (unpaired) electrons. The summed E-state index contributed by atoms with van der Waals surface area (Å²) < 4.78 is 27.2. The molecule has 2 saturated heterocycles. The molecule has 0 atom stereocenters. The summed E-state index contributed by atoms with van der Waals surface area (Å²) in [6.07, 6.45) is 2.11. The predicted molar refractivity (Wildman–Crippen MR) is 79.9 cm³/mol. The van der Waals surface area contributed by atoms with E-state index >= 15 is 0 Å². The molecule has 2 N–H and O–H groups in total. The molecule has 2 heterocycles. The van der Waals surface area contributed by atoms with Crippen LogP contribution in [0.5, 0.6) is 0 Å². The van der Waals surface area contributed by atoms with Crippen LogP contribution in [0.15, 0.2) is 0 Å². The van der Waals surface area contributed by atoms with Crippen molar-refractivity contribution in [1.29, 1.82) is 0 Å². The van der Waals surface area contributed by atoms with Gasteiger partial charge in [-0.1, -0.05) is 0 Å². The van der Waals surface area contributed by atoms with E-state index in [-0.39, 0.29) is 12.1 Å². The van der Waals surface area contributed by atoms with Gasteiger partial charge in [-0.2, -0.15) is 0 Å². The van der Waals surface area contributed by atoms with Gasteiger partial charge in [0.05, 0.1) is 5.75 Å². The van der Waals surface area contributed by atoms with E-state index in [2.05, 4.69) is 0 Å². The van der Waals surface area contributed by atoms with Crippen LogP contribution >= 0.6 is 10.8 Å². The number of carbonyl (C=O) groups is 1. The Morgan fingerprint density at radius 3 is 2.25 bits per heavy atom. The first-order valence-corrected chi connectivity index (χ1v) is 8.87. The first-order chi connectivity index (χ1) is 9.19. The lowest BCUT2D eigenvalue weighted by Gasteiger charge is -2.44. The number of hydrogen-bond acceptors (Lipinski definition) is 5. The molecule has 0 aromatic rings. The molecule has 2 aliphatic rings. The van der Waals surface area contributed by atoms with E-state index in [9.17, 15) is 13.9 Å². The Labute approximate surface area is 122 Å². The number of amides is 1. The van der Waals surface area contributed by atoms with Crippen molar-refractivity contribution in [1.82, 2.24) is 9.21 Å². The van der Waals surface area contributed by atoms with Gasteiger partial charge in [0.15, 0.2) is 0 Å². The number of rotatable bonds is 1. The Bertz CT molecular complexity index is 362. The fourth-order valence-electron chi connectivity index (χ4n) is 2.76. The van der Waals surface area contributed by atoms with Crippen LogP contribution in [0.4, 0.5) is 4.79 Å². The average Bonchev–Trinajstić information content (AvgIpc) is 2.67. The molecule has 1 amide bonds. The van der Waals surface area contributed by atoms with Crippen LogP contribution in [0.25, 0.3) is 0 Å². The van der Waals surface area contributed by atoms with E-state index < -0.39 is 16.4 Å². The summed E-state index contributed by atoms with van der Waals surface area (Å²) in [5, 5.41) is 0. The Morgan fingerprint density at radius 2 is 1.80 bits per heavy atom. The van der Waals surface area contributed by atoms with E-state index in [1.807, 2.05) is 25.1 Å². The monoisotopic (exact) mass is 306 g/mol. The van der Waals surface area contributed by atoms with Gasteiger partial charge in [-0.3, -0.25) is 9.11 Å². The topological polar surface area (TPSA) is 73.2 Å². The van der Waals surface area contributed by atoms with Gasteiger partial charge in [0.25, 0.3) is 0 Å². The molecule has 0 aliphatic carbocycles. The van der Waals surface area contributed by atoms with Gasteiger partial charge in [-0.05, 0) is 40.0 Å². The van der Waals surface area contributed by atoms with Gasteiger partial charge >= 0.3 is 6.09 Å². The quantitative estimate of drug-likeness (QED) is 0.779. The van der Waals surface area contributed by atoms with Crippen LogP contribution in [-0.4, -0.2) is 61.4 Å². The average molecular weight is 306 g/mol. The lowest BCUT2D eigenvalue weighted by atomic mass is 10.1. The molecule has 2 aliphatic heterocycles. The van der Waals surface area contributed by atoms with Gasteiger partial charge in [0, 0.05) is 25.7 Å². The number of hydrogen-bond donors (Lipinski definition) is 2. The fourth-order valence-corrected chi connectivity index (χ4v) is 4.62. The number of carbonyl (C=O) groups excluding carboxylic acids is 1. The molecule has 118 valence electrons. The summed E-state index contributed by atoms with van der Waals surface area (Å²) in [6, 6.07) is 0.168. The molecule has 20 heavy (non-hydrogen) atoms. The molecule has 0 saturated carbocycles. The summed E-state index contributed by atoms with van der Waals surface area (Å²) >= 11 is 0. The van der Waals surface area contributed by atoms with Crippen LogP contribution < -0.4 is 0 Å². The third kappa shape index (κ3) is 3.78. The second kappa shape index (κ2) is 5.71. The largest absolute Gasteiger partial charge is 0.444 e. The third-order valence-electron chi connectivity index (χ3n) is 3.70. The van der Waals surface area contributed by atoms with Crippen molar-refractivity contribution in [2.75, 3.05) is 25.4 Å². The molecule has 0 aromatic heterocycles. The lowest BCUT2D eigenvalue weighted by Crippen LogP contribution is -2.47. The van der Waals surface area contributed by atoms with Crippen molar-refractivity contribution in [2.24, 2.45) is 0 Å². The molecule has 6 nitrogen and oxygen atoms in total. The van der Waals surface area contributed by atoms with Gasteiger partial charge in [0.1, 0.15) is 5.60 Å². The minimum atomic E-state index is -2.55. The highest BCUT2D eigenvalue weighted by Crippen LogP contribution is 2.50. The van der Waals surface area contributed by atoms with Crippen LogP contribution in [0, 0.1) is 0 Å². The summed E-state index contributed by atoms with van der Waals surface area (Å²) in [4.78, 5) is 13.7. The minimum Gasteiger partial charge on any atom is -0.444 e. The maximum atomic E-state index is 12.0.